The fourth-order valence-corrected chi connectivity index (χ4v) is 1.04. The van der Waals surface area contributed by atoms with Gasteiger partial charge in [0, 0.05) is 14.2 Å². The molecule has 0 aliphatic heterocycles. The fraction of sp³-hybridized carbons (Fsp3) is 0.364. The molecular weight excluding hydrogens is 210 g/mol. The summed E-state index contributed by atoms with van der Waals surface area (Å²) in [6.07, 6.45) is 0. The van der Waals surface area contributed by atoms with Crippen molar-refractivity contribution in [2.24, 2.45) is 0 Å². The lowest BCUT2D eigenvalue weighted by molar-refractivity contribution is 0.0323. The molecule has 0 fully saturated rings. The smallest absolute Gasteiger partial charge is 0.191 e. The van der Waals surface area contributed by atoms with E-state index >= 15 is 0 Å². The zero-order valence-corrected chi connectivity index (χ0v) is 9.23. The molecule has 1 rings (SSSR count). The van der Waals surface area contributed by atoms with Crippen molar-refractivity contribution in [2.75, 3.05) is 27.8 Å². The van der Waals surface area contributed by atoms with Crippen molar-refractivity contribution in [3.05, 3.63) is 29.6 Å². The van der Waals surface area contributed by atoms with Crippen LogP contribution in [0.5, 0.6) is 11.5 Å². The highest BCUT2D eigenvalue weighted by molar-refractivity contribution is 5.55. The highest BCUT2D eigenvalue weighted by Gasteiger charge is 2.06. The van der Waals surface area contributed by atoms with E-state index in [0.717, 1.165) is 0 Å². The highest BCUT2D eigenvalue weighted by atomic mass is 16.7. The minimum Gasteiger partial charge on any atom is -0.465 e. The Balaban J connectivity index is 2.83. The van der Waals surface area contributed by atoms with Crippen LogP contribution < -0.4 is 9.47 Å². The summed E-state index contributed by atoms with van der Waals surface area (Å²) in [5.74, 6) is 0.985. The summed E-state index contributed by atoms with van der Waals surface area (Å²) < 4.78 is 20.1. The third-order valence-electron chi connectivity index (χ3n) is 1.72. The quantitative estimate of drug-likeness (QED) is 0.547. The second-order valence-electron chi connectivity index (χ2n) is 2.84. The van der Waals surface area contributed by atoms with Crippen molar-refractivity contribution in [1.29, 1.82) is 0 Å². The predicted molar refractivity (Wildman–Crippen MR) is 57.7 cm³/mol. The summed E-state index contributed by atoms with van der Waals surface area (Å²) in [4.78, 5) is 3.30. The van der Waals surface area contributed by atoms with Crippen LogP contribution in [0, 0.1) is 6.57 Å². The maximum absolute atomic E-state index is 6.90. The summed E-state index contributed by atoms with van der Waals surface area (Å²) in [5, 5.41) is 0. The van der Waals surface area contributed by atoms with Crippen molar-refractivity contribution in [3.63, 3.8) is 0 Å². The van der Waals surface area contributed by atoms with E-state index in [1.54, 1.807) is 18.2 Å². The molecule has 16 heavy (non-hydrogen) atoms. The molecule has 0 N–H and O–H groups in total. The molecule has 0 heterocycles. The van der Waals surface area contributed by atoms with Gasteiger partial charge in [0.25, 0.3) is 0 Å². The molecule has 5 nitrogen and oxygen atoms in total. The average molecular weight is 223 g/mol. The van der Waals surface area contributed by atoms with Crippen molar-refractivity contribution in [1.82, 2.24) is 0 Å². The van der Waals surface area contributed by atoms with Crippen molar-refractivity contribution < 1.29 is 18.9 Å². The molecule has 0 saturated heterocycles. The number of rotatable bonds is 6. The molecule has 1 aromatic carbocycles. The molecule has 1 aromatic rings. The van der Waals surface area contributed by atoms with Gasteiger partial charge in [0.1, 0.15) is 0 Å². The van der Waals surface area contributed by atoms with Crippen LogP contribution >= 0.6 is 0 Å². The molecule has 0 saturated carbocycles. The van der Waals surface area contributed by atoms with Crippen LogP contribution in [0.4, 0.5) is 5.69 Å². The first-order valence-electron chi connectivity index (χ1n) is 4.56. The van der Waals surface area contributed by atoms with Gasteiger partial charge in [-0.15, -0.1) is 0 Å². The Labute approximate surface area is 94.3 Å². The molecule has 0 unspecified atom stereocenters. The maximum Gasteiger partial charge on any atom is 0.191 e. The van der Waals surface area contributed by atoms with Crippen LogP contribution in [-0.4, -0.2) is 27.8 Å². The van der Waals surface area contributed by atoms with Gasteiger partial charge in [-0.1, -0.05) is 6.07 Å². The van der Waals surface area contributed by atoms with Gasteiger partial charge in [0.05, 0.1) is 6.57 Å². The normalized spacial score (nSPS) is 9.56. The molecule has 86 valence electrons. The number of hydrogen-bond acceptors (Lipinski definition) is 4. The monoisotopic (exact) mass is 223 g/mol. The Kier molecular flexibility index (Phi) is 5.12. The number of ether oxygens (including phenoxy) is 4. The average Bonchev–Trinajstić information content (AvgIpc) is 2.34. The van der Waals surface area contributed by atoms with E-state index < -0.39 is 0 Å². The number of nitrogens with zero attached hydrogens (tertiary/aromatic N) is 1. The zero-order chi connectivity index (χ0) is 11.8. The Hall–Kier alpha value is -1.77. The molecule has 5 heteroatoms. The molecule has 0 aromatic heterocycles. The molecular formula is C11H13NO4. The van der Waals surface area contributed by atoms with Gasteiger partial charge in [0.2, 0.25) is 0 Å². The Morgan fingerprint density at radius 1 is 1.06 bits per heavy atom. The minimum absolute atomic E-state index is 0.102. The van der Waals surface area contributed by atoms with Gasteiger partial charge in [0.15, 0.2) is 30.8 Å². The summed E-state index contributed by atoms with van der Waals surface area (Å²) >= 11 is 0. The van der Waals surface area contributed by atoms with E-state index in [2.05, 4.69) is 4.85 Å². The standard InChI is InChI=1S/C11H13NO4/c1-12-9-4-5-10(15-7-13-2)11(6-9)16-8-14-3/h4-6H,7-8H2,2-3H3. The summed E-state index contributed by atoms with van der Waals surface area (Å²) in [5.41, 5.74) is 0.482. The predicted octanol–water partition coefficient (Wildman–Crippen LogP) is 2.20. The van der Waals surface area contributed by atoms with Gasteiger partial charge in [-0.05, 0) is 12.1 Å². The molecule has 0 amide bonds. The first kappa shape index (κ1) is 12.3. The lowest BCUT2D eigenvalue weighted by Crippen LogP contribution is -2.04. The lowest BCUT2D eigenvalue weighted by Gasteiger charge is -2.11. The second-order valence-corrected chi connectivity index (χ2v) is 2.84. The Morgan fingerprint density at radius 3 is 2.25 bits per heavy atom. The molecule has 0 atom stereocenters. The van der Waals surface area contributed by atoms with Crippen molar-refractivity contribution in [2.45, 2.75) is 0 Å². The van der Waals surface area contributed by atoms with E-state index in [1.807, 2.05) is 0 Å². The van der Waals surface area contributed by atoms with Crippen molar-refractivity contribution in [3.8, 4) is 11.5 Å². The van der Waals surface area contributed by atoms with Gasteiger partial charge in [-0.25, -0.2) is 4.85 Å². The van der Waals surface area contributed by atoms with Gasteiger partial charge in [-0.3, -0.25) is 0 Å². The third kappa shape index (κ3) is 3.42. The Morgan fingerprint density at radius 2 is 1.69 bits per heavy atom. The van der Waals surface area contributed by atoms with Gasteiger partial charge in [-0.2, -0.15) is 0 Å². The largest absolute Gasteiger partial charge is 0.465 e. The summed E-state index contributed by atoms with van der Waals surface area (Å²) in [7, 11) is 3.05. The summed E-state index contributed by atoms with van der Waals surface area (Å²) in [6.45, 7) is 7.13. The molecule has 0 aliphatic rings. The molecule has 0 aliphatic carbocycles. The van der Waals surface area contributed by atoms with E-state index in [1.165, 1.54) is 14.2 Å². The van der Waals surface area contributed by atoms with E-state index in [-0.39, 0.29) is 13.6 Å². The van der Waals surface area contributed by atoms with E-state index in [4.69, 9.17) is 25.5 Å². The summed E-state index contributed by atoms with van der Waals surface area (Å²) in [6, 6.07) is 4.91. The zero-order valence-electron chi connectivity index (χ0n) is 9.23. The molecule has 0 radical (unpaired) electrons. The maximum atomic E-state index is 6.90. The Bertz CT molecular complexity index is 373. The van der Waals surface area contributed by atoms with Crippen LogP contribution in [0.1, 0.15) is 0 Å². The van der Waals surface area contributed by atoms with Crippen LogP contribution in [0.3, 0.4) is 0 Å². The number of hydrogen-bond donors (Lipinski definition) is 0. The molecule has 0 bridgehead atoms. The first-order chi connectivity index (χ1) is 7.81. The van der Waals surface area contributed by atoms with Crippen LogP contribution in [-0.2, 0) is 9.47 Å². The lowest BCUT2D eigenvalue weighted by atomic mass is 10.3. The van der Waals surface area contributed by atoms with E-state index in [0.29, 0.717) is 17.2 Å². The van der Waals surface area contributed by atoms with Gasteiger partial charge < -0.3 is 18.9 Å². The van der Waals surface area contributed by atoms with Crippen LogP contribution in [0.2, 0.25) is 0 Å². The molecule has 0 spiro atoms. The van der Waals surface area contributed by atoms with Crippen LogP contribution in [0.25, 0.3) is 4.85 Å². The minimum atomic E-state index is 0.102. The topological polar surface area (TPSA) is 41.3 Å². The van der Waals surface area contributed by atoms with E-state index in [9.17, 15) is 0 Å². The second kappa shape index (κ2) is 6.67. The first-order valence-corrected chi connectivity index (χ1v) is 4.56. The van der Waals surface area contributed by atoms with Crippen molar-refractivity contribution >= 4 is 5.69 Å². The highest BCUT2D eigenvalue weighted by Crippen LogP contribution is 2.31. The number of methoxy groups -OCH3 is 2. The fourth-order valence-electron chi connectivity index (χ4n) is 1.04. The third-order valence-corrected chi connectivity index (χ3v) is 1.72. The number of benzene rings is 1. The van der Waals surface area contributed by atoms with Crippen LogP contribution in [0.15, 0.2) is 18.2 Å². The SMILES string of the molecule is [C-]#[N+]c1ccc(OCOC)c(OCOC)c1. The van der Waals surface area contributed by atoms with Gasteiger partial charge >= 0.3 is 0 Å².